The fourth-order valence-corrected chi connectivity index (χ4v) is 2.64. The SMILES string of the molecule is COc1cc(C(=O)NCCCn2ccnc2)cc(Cl)c1OCCC(C)C. The average molecular weight is 380 g/mol. The van der Waals surface area contributed by atoms with E-state index in [1.807, 2.05) is 10.8 Å². The molecule has 0 aliphatic rings. The number of nitrogens with one attached hydrogen (secondary N) is 1. The molecule has 26 heavy (non-hydrogen) atoms. The summed E-state index contributed by atoms with van der Waals surface area (Å²) in [6.07, 6.45) is 7.11. The Balaban J connectivity index is 1.93. The maximum atomic E-state index is 12.4. The molecule has 7 heteroatoms. The van der Waals surface area contributed by atoms with Crippen LogP contribution in [0.5, 0.6) is 11.5 Å². The van der Waals surface area contributed by atoms with Gasteiger partial charge in [0.1, 0.15) is 0 Å². The first kappa shape index (κ1) is 20.1. The number of amides is 1. The molecule has 0 bridgehead atoms. The first-order chi connectivity index (χ1) is 12.5. The molecule has 2 rings (SSSR count). The van der Waals surface area contributed by atoms with E-state index in [1.165, 1.54) is 7.11 Å². The van der Waals surface area contributed by atoms with E-state index in [2.05, 4.69) is 24.1 Å². The maximum Gasteiger partial charge on any atom is 0.251 e. The third-order valence-corrected chi connectivity index (χ3v) is 4.15. The number of methoxy groups -OCH3 is 1. The third-order valence-electron chi connectivity index (χ3n) is 3.87. The van der Waals surface area contributed by atoms with Crippen LogP contribution in [0.1, 0.15) is 37.0 Å². The number of aromatic nitrogens is 2. The molecule has 0 spiro atoms. The van der Waals surface area contributed by atoms with Crippen LogP contribution in [0.15, 0.2) is 30.9 Å². The van der Waals surface area contributed by atoms with Gasteiger partial charge in [-0.1, -0.05) is 25.4 Å². The summed E-state index contributed by atoms with van der Waals surface area (Å²) in [5.41, 5.74) is 0.450. The second kappa shape index (κ2) is 10.1. The fraction of sp³-hybridized carbons (Fsp3) is 0.474. The molecule has 0 aliphatic carbocycles. The van der Waals surface area contributed by atoms with E-state index in [4.69, 9.17) is 21.1 Å². The van der Waals surface area contributed by atoms with Gasteiger partial charge in [-0.2, -0.15) is 0 Å². The molecule has 1 amide bonds. The van der Waals surface area contributed by atoms with Gasteiger partial charge in [-0.05, 0) is 30.9 Å². The second-order valence-corrected chi connectivity index (χ2v) is 6.84. The lowest BCUT2D eigenvalue weighted by Gasteiger charge is -2.15. The lowest BCUT2D eigenvalue weighted by atomic mass is 10.1. The Bertz CT molecular complexity index is 702. The highest BCUT2D eigenvalue weighted by molar-refractivity contribution is 6.32. The summed E-state index contributed by atoms with van der Waals surface area (Å²) in [4.78, 5) is 16.3. The molecule has 1 N–H and O–H groups in total. The molecule has 6 nitrogen and oxygen atoms in total. The molecule has 0 saturated carbocycles. The molecule has 0 saturated heterocycles. The van der Waals surface area contributed by atoms with Crippen LogP contribution in [-0.2, 0) is 6.54 Å². The molecule has 0 radical (unpaired) electrons. The van der Waals surface area contributed by atoms with Crippen LogP contribution in [0.25, 0.3) is 0 Å². The molecule has 142 valence electrons. The maximum absolute atomic E-state index is 12.4. The van der Waals surface area contributed by atoms with Crippen LogP contribution in [-0.4, -0.2) is 35.7 Å². The molecule has 2 aromatic rings. The zero-order valence-electron chi connectivity index (χ0n) is 15.5. The summed E-state index contributed by atoms with van der Waals surface area (Å²) in [6, 6.07) is 3.27. The number of ether oxygens (including phenoxy) is 2. The van der Waals surface area contributed by atoms with Crippen LogP contribution < -0.4 is 14.8 Å². The number of hydrogen-bond acceptors (Lipinski definition) is 4. The van der Waals surface area contributed by atoms with E-state index >= 15 is 0 Å². The second-order valence-electron chi connectivity index (χ2n) is 6.43. The van der Waals surface area contributed by atoms with Crippen molar-refractivity contribution in [2.45, 2.75) is 33.2 Å². The number of nitrogens with zero attached hydrogens (tertiary/aromatic N) is 2. The van der Waals surface area contributed by atoms with Crippen molar-refractivity contribution in [2.24, 2.45) is 5.92 Å². The summed E-state index contributed by atoms with van der Waals surface area (Å²) in [7, 11) is 1.54. The standard InChI is InChI=1S/C19H26ClN3O3/c1-14(2)5-10-26-18-16(20)11-15(12-17(18)25-3)19(24)22-6-4-8-23-9-7-21-13-23/h7,9,11-14H,4-6,8,10H2,1-3H3,(H,22,24). The smallest absolute Gasteiger partial charge is 0.251 e. The van der Waals surface area contributed by atoms with Gasteiger partial charge in [-0.15, -0.1) is 0 Å². The monoisotopic (exact) mass is 379 g/mol. The highest BCUT2D eigenvalue weighted by atomic mass is 35.5. The van der Waals surface area contributed by atoms with Crippen molar-refractivity contribution in [1.82, 2.24) is 14.9 Å². The van der Waals surface area contributed by atoms with Gasteiger partial charge >= 0.3 is 0 Å². The molecule has 1 aromatic carbocycles. The van der Waals surface area contributed by atoms with Crippen molar-refractivity contribution in [3.05, 3.63) is 41.4 Å². The van der Waals surface area contributed by atoms with Gasteiger partial charge in [0, 0.05) is 31.0 Å². The van der Waals surface area contributed by atoms with Gasteiger partial charge in [0.05, 0.1) is 25.1 Å². The molecular weight excluding hydrogens is 354 g/mol. The van der Waals surface area contributed by atoms with E-state index in [9.17, 15) is 4.79 Å². The number of carbonyl (C=O) groups excluding carboxylic acids is 1. The Morgan fingerprint density at radius 1 is 1.38 bits per heavy atom. The van der Waals surface area contributed by atoms with Crippen molar-refractivity contribution in [3.8, 4) is 11.5 Å². The highest BCUT2D eigenvalue weighted by Gasteiger charge is 2.16. The number of benzene rings is 1. The summed E-state index contributed by atoms with van der Waals surface area (Å²) in [6.45, 7) is 6.16. The first-order valence-corrected chi connectivity index (χ1v) is 9.13. The van der Waals surface area contributed by atoms with Crippen LogP contribution in [0, 0.1) is 5.92 Å². The number of carbonyl (C=O) groups is 1. The Morgan fingerprint density at radius 2 is 2.19 bits per heavy atom. The molecule has 0 aliphatic heterocycles. The van der Waals surface area contributed by atoms with Gasteiger partial charge < -0.3 is 19.4 Å². The largest absolute Gasteiger partial charge is 0.493 e. The molecule has 1 aromatic heterocycles. The van der Waals surface area contributed by atoms with Crippen molar-refractivity contribution < 1.29 is 14.3 Å². The van der Waals surface area contributed by atoms with E-state index in [0.717, 1.165) is 19.4 Å². The minimum atomic E-state index is -0.190. The van der Waals surface area contributed by atoms with Crippen molar-refractivity contribution >= 4 is 17.5 Å². The van der Waals surface area contributed by atoms with E-state index in [-0.39, 0.29) is 5.91 Å². The summed E-state index contributed by atoms with van der Waals surface area (Å²) >= 11 is 6.31. The number of imidazole rings is 1. The lowest BCUT2D eigenvalue weighted by Crippen LogP contribution is -2.25. The lowest BCUT2D eigenvalue weighted by molar-refractivity contribution is 0.0952. The topological polar surface area (TPSA) is 65.4 Å². The minimum absolute atomic E-state index is 0.190. The molecule has 1 heterocycles. The summed E-state index contributed by atoms with van der Waals surface area (Å²) in [5, 5.41) is 3.26. The number of rotatable bonds is 10. The Morgan fingerprint density at radius 3 is 2.85 bits per heavy atom. The van der Waals surface area contributed by atoms with Crippen molar-refractivity contribution in [3.63, 3.8) is 0 Å². The van der Waals surface area contributed by atoms with Crippen LogP contribution in [0.3, 0.4) is 0 Å². The van der Waals surface area contributed by atoms with E-state index < -0.39 is 0 Å². The van der Waals surface area contributed by atoms with E-state index in [0.29, 0.717) is 41.2 Å². The van der Waals surface area contributed by atoms with Gasteiger partial charge in [-0.3, -0.25) is 4.79 Å². The van der Waals surface area contributed by atoms with E-state index in [1.54, 1.807) is 24.7 Å². The normalized spacial score (nSPS) is 10.8. The Labute approximate surface area is 159 Å². The quantitative estimate of drug-likeness (QED) is 0.638. The minimum Gasteiger partial charge on any atom is -0.493 e. The van der Waals surface area contributed by atoms with Crippen molar-refractivity contribution in [2.75, 3.05) is 20.3 Å². The van der Waals surface area contributed by atoms with Crippen molar-refractivity contribution in [1.29, 1.82) is 0 Å². The molecule has 0 atom stereocenters. The molecule has 0 fully saturated rings. The Hall–Kier alpha value is -2.21. The number of halogens is 1. The van der Waals surface area contributed by atoms with Crippen LogP contribution >= 0.6 is 11.6 Å². The predicted octanol–water partition coefficient (Wildman–Crippen LogP) is 3.79. The predicted molar refractivity (Wildman–Crippen MR) is 102 cm³/mol. The zero-order chi connectivity index (χ0) is 18.9. The average Bonchev–Trinajstić information content (AvgIpc) is 3.12. The van der Waals surface area contributed by atoms with Gasteiger partial charge in [-0.25, -0.2) is 4.98 Å². The van der Waals surface area contributed by atoms with Gasteiger partial charge in [0.25, 0.3) is 5.91 Å². The third kappa shape index (κ3) is 5.95. The van der Waals surface area contributed by atoms with Gasteiger partial charge in [0.2, 0.25) is 0 Å². The fourth-order valence-electron chi connectivity index (χ4n) is 2.37. The number of aryl methyl sites for hydroxylation is 1. The van der Waals surface area contributed by atoms with Gasteiger partial charge in [0.15, 0.2) is 11.5 Å². The highest BCUT2D eigenvalue weighted by Crippen LogP contribution is 2.36. The van der Waals surface area contributed by atoms with Crippen LogP contribution in [0.4, 0.5) is 0 Å². The molecule has 0 unspecified atom stereocenters. The molecular formula is C19H26ClN3O3. The first-order valence-electron chi connectivity index (χ1n) is 8.75. The zero-order valence-corrected chi connectivity index (χ0v) is 16.3. The number of hydrogen-bond donors (Lipinski definition) is 1. The summed E-state index contributed by atoms with van der Waals surface area (Å²) in [5.74, 6) is 1.29. The Kier molecular flexibility index (Phi) is 7.78. The summed E-state index contributed by atoms with van der Waals surface area (Å²) < 4.78 is 13.1. The van der Waals surface area contributed by atoms with Crippen LogP contribution in [0.2, 0.25) is 5.02 Å².